The van der Waals surface area contributed by atoms with Crippen LogP contribution >= 0.6 is 11.3 Å². The molecule has 0 saturated carbocycles. The maximum absolute atomic E-state index is 13.9. The van der Waals surface area contributed by atoms with E-state index in [2.05, 4.69) is 27.8 Å². The first-order valence-corrected chi connectivity index (χ1v) is 19.9. The second-order valence-electron chi connectivity index (χ2n) is 15.5. The zero-order chi connectivity index (χ0) is 40.1. The van der Waals surface area contributed by atoms with Gasteiger partial charge < -0.3 is 41.6 Å². The number of aromatic nitrogens is 1. The highest BCUT2D eigenvalue weighted by molar-refractivity contribution is 7.13. The van der Waals surface area contributed by atoms with Crippen molar-refractivity contribution in [1.82, 2.24) is 20.5 Å². The topological polar surface area (TPSA) is 199 Å². The molecule has 4 amide bonds. The molecule has 5 atom stereocenters. The van der Waals surface area contributed by atoms with Crippen LogP contribution < -0.4 is 22.1 Å². The summed E-state index contributed by atoms with van der Waals surface area (Å²) in [6.07, 6.45) is 2.25. The molecule has 2 aromatic carbocycles. The number of hydrogen-bond acceptors (Lipinski definition) is 10. The summed E-state index contributed by atoms with van der Waals surface area (Å²) in [4.78, 5) is 58.0. The lowest BCUT2D eigenvalue weighted by Gasteiger charge is -2.35. The highest BCUT2D eigenvalue weighted by atomic mass is 32.1. The number of ether oxygens (including phenoxy) is 2. The first-order chi connectivity index (χ1) is 26.1. The van der Waals surface area contributed by atoms with E-state index in [-0.39, 0.29) is 56.5 Å². The number of unbranched alkanes of at least 4 members (excludes halogenated alkanes) is 1. The number of primary amides is 1. The predicted octanol–water partition coefficient (Wildman–Crippen LogP) is 3.76. The van der Waals surface area contributed by atoms with Gasteiger partial charge in [0.25, 0.3) is 0 Å². The van der Waals surface area contributed by atoms with Crippen molar-refractivity contribution in [2.24, 2.45) is 16.9 Å². The number of nitrogens with one attached hydrogen (secondary N) is 2. The first-order valence-electron chi connectivity index (χ1n) is 19.0. The van der Waals surface area contributed by atoms with Crippen molar-refractivity contribution in [2.45, 2.75) is 117 Å². The smallest absolute Gasteiger partial charge is 0.246 e. The first kappa shape index (κ1) is 43.5. The fraction of sp³-hybridized carbons (Fsp3) is 0.537. The number of rotatable bonds is 20. The van der Waals surface area contributed by atoms with Gasteiger partial charge >= 0.3 is 0 Å². The maximum Gasteiger partial charge on any atom is 0.246 e. The fourth-order valence-electron chi connectivity index (χ4n) is 6.38. The van der Waals surface area contributed by atoms with E-state index in [1.54, 1.807) is 11.3 Å². The second kappa shape index (κ2) is 20.6. The van der Waals surface area contributed by atoms with Crippen molar-refractivity contribution in [3.63, 3.8) is 0 Å². The Bertz CT molecular complexity index is 1710. The molecule has 13 nitrogen and oxygen atoms in total. The van der Waals surface area contributed by atoms with Crippen LogP contribution in [0.4, 0.5) is 0 Å². The average molecular weight is 779 g/mol. The molecular weight excluding hydrogens is 721 g/mol. The van der Waals surface area contributed by atoms with E-state index >= 15 is 0 Å². The minimum Gasteiger partial charge on any atom is -0.391 e. The minimum absolute atomic E-state index is 0.00284. The standard InChI is InChI=1S/C41H58N6O7S/c1-26-37(55-25-45-26)31-15-13-29(14-16-31)21-44-39(51)34-20-32(48)22-47(34)40(52)38(41(3,4)5)46-36(50)24-53-19-7-6-8-28-9-11-30(12-10-28)23-54-27(2)33(42)17-18-35(43)49/h9-16,25,27,32-34,38,48H,6-8,17-24,42H2,1-5H3,(H2,43,49)(H,44,51)(H,46,50)/t27-,32-,33+,34+,38-/m1/s1. The van der Waals surface area contributed by atoms with Crippen molar-refractivity contribution in [2.75, 3.05) is 19.8 Å². The summed E-state index contributed by atoms with van der Waals surface area (Å²) in [7, 11) is 0. The van der Waals surface area contributed by atoms with Crippen molar-refractivity contribution >= 4 is 35.0 Å². The molecule has 1 saturated heterocycles. The number of likely N-dealkylation sites (tertiary alicyclic amines) is 1. The van der Waals surface area contributed by atoms with E-state index < -0.39 is 35.4 Å². The van der Waals surface area contributed by atoms with Gasteiger partial charge in [0.05, 0.1) is 34.9 Å². The molecule has 2 heterocycles. The van der Waals surface area contributed by atoms with Crippen LogP contribution in [0.5, 0.6) is 0 Å². The number of aliphatic hydroxyl groups excluding tert-OH is 1. The average Bonchev–Trinajstić information content (AvgIpc) is 3.77. The molecule has 1 aliphatic rings. The minimum atomic E-state index is -0.929. The molecule has 0 radical (unpaired) electrons. The molecule has 7 N–H and O–H groups in total. The lowest BCUT2D eigenvalue weighted by atomic mass is 9.85. The Kier molecular flexibility index (Phi) is 16.3. The Labute approximate surface area is 328 Å². The molecule has 0 unspecified atom stereocenters. The van der Waals surface area contributed by atoms with E-state index in [0.717, 1.165) is 46.5 Å². The van der Waals surface area contributed by atoms with Gasteiger partial charge in [-0.1, -0.05) is 69.3 Å². The summed E-state index contributed by atoms with van der Waals surface area (Å²) in [5.41, 5.74) is 17.6. The van der Waals surface area contributed by atoms with E-state index in [9.17, 15) is 24.3 Å². The third-order valence-corrected chi connectivity index (χ3v) is 10.8. The number of nitrogens with zero attached hydrogens (tertiary/aromatic N) is 2. The van der Waals surface area contributed by atoms with Crippen LogP contribution in [0, 0.1) is 12.3 Å². The number of aryl methyl sites for hydroxylation is 2. The van der Waals surface area contributed by atoms with Gasteiger partial charge in [-0.15, -0.1) is 11.3 Å². The molecule has 55 heavy (non-hydrogen) atoms. The lowest BCUT2D eigenvalue weighted by Crippen LogP contribution is -2.58. The van der Waals surface area contributed by atoms with Gasteiger partial charge in [-0.3, -0.25) is 19.2 Å². The highest BCUT2D eigenvalue weighted by Crippen LogP contribution is 2.28. The Balaban J connectivity index is 1.18. The van der Waals surface area contributed by atoms with Gasteiger partial charge in [0, 0.05) is 38.6 Å². The summed E-state index contributed by atoms with van der Waals surface area (Å²) in [6, 6.07) is 14.0. The molecule has 4 rings (SSSR count). The van der Waals surface area contributed by atoms with E-state index in [4.69, 9.17) is 20.9 Å². The fourth-order valence-corrected chi connectivity index (χ4v) is 7.19. The second-order valence-corrected chi connectivity index (χ2v) is 16.3. The number of benzene rings is 2. The Morgan fingerprint density at radius 1 is 1.04 bits per heavy atom. The highest BCUT2D eigenvalue weighted by Gasteiger charge is 2.44. The number of carbonyl (C=O) groups is 4. The Morgan fingerprint density at radius 3 is 2.35 bits per heavy atom. The number of aliphatic hydroxyl groups is 1. The maximum atomic E-state index is 13.9. The van der Waals surface area contributed by atoms with Crippen LogP contribution in [0.25, 0.3) is 10.4 Å². The molecule has 14 heteroatoms. The van der Waals surface area contributed by atoms with Crippen LogP contribution in [-0.2, 0) is 48.2 Å². The molecule has 1 aliphatic heterocycles. The van der Waals surface area contributed by atoms with Crippen molar-refractivity contribution in [3.8, 4) is 10.4 Å². The normalized spacial score (nSPS) is 17.4. The van der Waals surface area contributed by atoms with Crippen molar-refractivity contribution in [3.05, 3.63) is 76.4 Å². The zero-order valence-corrected chi connectivity index (χ0v) is 33.5. The van der Waals surface area contributed by atoms with E-state index in [1.165, 1.54) is 10.5 Å². The third kappa shape index (κ3) is 13.5. The quantitative estimate of drug-likeness (QED) is 0.106. The Hall–Kier alpha value is -4.21. The lowest BCUT2D eigenvalue weighted by molar-refractivity contribution is -0.144. The van der Waals surface area contributed by atoms with Crippen LogP contribution in [-0.4, -0.2) is 88.7 Å². The zero-order valence-electron chi connectivity index (χ0n) is 32.7. The third-order valence-electron chi connectivity index (χ3n) is 9.81. The van der Waals surface area contributed by atoms with Crippen LogP contribution in [0.15, 0.2) is 54.0 Å². The number of carbonyl (C=O) groups excluding carboxylic acids is 4. The molecule has 300 valence electrons. The number of β-amino-alcohol motifs (C(OH)–C–C–N with tert-alkyl or cyclic N) is 1. The van der Waals surface area contributed by atoms with E-state index in [1.807, 2.05) is 76.5 Å². The number of hydrogen-bond donors (Lipinski definition) is 5. The van der Waals surface area contributed by atoms with Gasteiger partial charge in [0.15, 0.2) is 0 Å². The molecule has 1 aromatic heterocycles. The molecule has 0 aliphatic carbocycles. The predicted molar refractivity (Wildman–Crippen MR) is 212 cm³/mol. The van der Waals surface area contributed by atoms with Crippen molar-refractivity contribution in [1.29, 1.82) is 0 Å². The van der Waals surface area contributed by atoms with E-state index in [0.29, 0.717) is 19.6 Å². The van der Waals surface area contributed by atoms with Crippen LogP contribution in [0.3, 0.4) is 0 Å². The summed E-state index contributed by atoms with van der Waals surface area (Å²) in [6.45, 7) is 10.3. The van der Waals surface area contributed by atoms with Gasteiger partial charge in [-0.2, -0.15) is 0 Å². The summed E-state index contributed by atoms with van der Waals surface area (Å²) < 4.78 is 11.5. The van der Waals surface area contributed by atoms with Gasteiger partial charge in [-0.25, -0.2) is 4.98 Å². The molecule has 0 spiro atoms. The largest absolute Gasteiger partial charge is 0.391 e. The van der Waals surface area contributed by atoms with Gasteiger partial charge in [-0.05, 0) is 67.2 Å². The van der Waals surface area contributed by atoms with Gasteiger partial charge in [0.2, 0.25) is 23.6 Å². The molecule has 1 fully saturated rings. The molecular formula is C41H58N6O7S. The van der Waals surface area contributed by atoms with Crippen LogP contribution in [0.2, 0.25) is 0 Å². The SMILES string of the molecule is Cc1ncsc1-c1ccc(CNC(=O)[C@@H]2C[C@@H](O)CN2C(=O)[C@@H](NC(=O)COCCCCc2ccc(CO[C@H](C)[C@@H](N)CCC(N)=O)cc2)C(C)(C)C)cc1. The Morgan fingerprint density at radius 2 is 1.71 bits per heavy atom. The summed E-state index contributed by atoms with van der Waals surface area (Å²) >= 11 is 1.58. The summed E-state index contributed by atoms with van der Waals surface area (Å²) in [5.74, 6) is -1.57. The summed E-state index contributed by atoms with van der Waals surface area (Å²) in [5, 5.41) is 16.3. The molecule has 3 aromatic rings. The molecule has 0 bridgehead atoms. The number of nitrogens with two attached hydrogens (primary N) is 2. The number of thiazole rings is 1. The van der Waals surface area contributed by atoms with Crippen molar-refractivity contribution < 1.29 is 33.8 Å². The number of amides is 4. The van der Waals surface area contributed by atoms with Gasteiger partial charge in [0.1, 0.15) is 18.7 Å². The van der Waals surface area contributed by atoms with Crippen LogP contribution in [0.1, 0.15) is 82.2 Å². The monoisotopic (exact) mass is 778 g/mol.